The summed E-state index contributed by atoms with van der Waals surface area (Å²) >= 11 is 5.93. The SMILES string of the molecule is O=c1c2ccccc2c(C=NC2CCCCCCC2)c(O)n1-c1ccc(Cl)cn1. The number of benzene rings is 1. The fourth-order valence-corrected chi connectivity index (χ4v) is 4.08. The first kappa shape index (κ1) is 19.6. The van der Waals surface area contributed by atoms with Crippen molar-refractivity contribution in [2.45, 2.75) is 51.0 Å². The highest BCUT2D eigenvalue weighted by Gasteiger charge is 2.17. The monoisotopic (exact) mass is 409 g/mol. The Balaban J connectivity index is 1.83. The summed E-state index contributed by atoms with van der Waals surface area (Å²) in [6.45, 7) is 0. The quantitative estimate of drug-likeness (QED) is 0.598. The summed E-state index contributed by atoms with van der Waals surface area (Å²) in [6, 6.07) is 10.8. The van der Waals surface area contributed by atoms with Crippen molar-refractivity contribution in [2.75, 3.05) is 0 Å². The molecular weight excluding hydrogens is 386 g/mol. The summed E-state index contributed by atoms with van der Waals surface area (Å²) in [5.41, 5.74) is 0.218. The number of pyridine rings is 2. The van der Waals surface area contributed by atoms with Crippen molar-refractivity contribution in [3.05, 3.63) is 63.5 Å². The number of rotatable bonds is 3. The summed E-state index contributed by atoms with van der Waals surface area (Å²) in [5.74, 6) is 0.168. The van der Waals surface area contributed by atoms with Crippen LogP contribution in [0.5, 0.6) is 5.88 Å². The van der Waals surface area contributed by atoms with E-state index in [4.69, 9.17) is 16.6 Å². The Labute approximate surface area is 174 Å². The normalized spacial score (nSPS) is 16.2. The molecule has 0 unspecified atom stereocenters. The Morgan fingerprint density at radius 3 is 2.41 bits per heavy atom. The van der Waals surface area contributed by atoms with Crippen LogP contribution in [0.2, 0.25) is 5.02 Å². The minimum absolute atomic E-state index is 0.155. The maximum absolute atomic E-state index is 13.1. The maximum Gasteiger partial charge on any atom is 0.267 e. The first-order chi connectivity index (χ1) is 14.1. The van der Waals surface area contributed by atoms with E-state index in [0.717, 1.165) is 12.8 Å². The van der Waals surface area contributed by atoms with Gasteiger partial charge in [0.2, 0.25) is 5.88 Å². The lowest BCUT2D eigenvalue weighted by Gasteiger charge is -2.16. The van der Waals surface area contributed by atoms with Gasteiger partial charge in [0.05, 0.1) is 10.6 Å². The zero-order valence-electron chi connectivity index (χ0n) is 16.2. The maximum atomic E-state index is 13.1. The molecular formula is C23H24ClN3O2. The molecule has 1 aliphatic carbocycles. The molecule has 1 fully saturated rings. The van der Waals surface area contributed by atoms with Gasteiger partial charge in [-0.2, -0.15) is 0 Å². The fraction of sp³-hybridized carbons (Fsp3) is 0.348. The van der Waals surface area contributed by atoms with Gasteiger partial charge in [0.1, 0.15) is 5.82 Å². The zero-order chi connectivity index (χ0) is 20.2. The van der Waals surface area contributed by atoms with Crippen molar-refractivity contribution in [1.82, 2.24) is 9.55 Å². The van der Waals surface area contributed by atoms with Crippen LogP contribution in [0, 0.1) is 0 Å². The predicted molar refractivity (Wildman–Crippen MR) is 118 cm³/mol. The largest absolute Gasteiger partial charge is 0.494 e. The number of halogens is 1. The molecule has 0 radical (unpaired) electrons. The highest BCUT2D eigenvalue weighted by molar-refractivity contribution is 6.30. The first-order valence-electron chi connectivity index (χ1n) is 10.2. The molecule has 0 saturated heterocycles. The molecule has 150 valence electrons. The second kappa shape index (κ2) is 8.78. The molecule has 0 aliphatic heterocycles. The van der Waals surface area contributed by atoms with Gasteiger partial charge in [-0.1, -0.05) is 61.9 Å². The molecule has 2 aromatic heterocycles. The van der Waals surface area contributed by atoms with Crippen molar-refractivity contribution >= 4 is 28.6 Å². The summed E-state index contributed by atoms with van der Waals surface area (Å²) in [5, 5.41) is 12.7. The van der Waals surface area contributed by atoms with Gasteiger partial charge in [0, 0.05) is 29.2 Å². The van der Waals surface area contributed by atoms with E-state index in [9.17, 15) is 9.90 Å². The topological polar surface area (TPSA) is 67.5 Å². The summed E-state index contributed by atoms with van der Waals surface area (Å²) in [6.07, 6.45) is 11.5. The summed E-state index contributed by atoms with van der Waals surface area (Å²) in [7, 11) is 0. The van der Waals surface area contributed by atoms with Gasteiger partial charge in [-0.05, 0) is 31.0 Å². The zero-order valence-corrected chi connectivity index (χ0v) is 17.0. The van der Waals surface area contributed by atoms with E-state index in [-0.39, 0.29) is 17.5 Å². The van der Waals surface area contributed by atoms with E-state index in [1.165, 1.54) is 42.9 Å². The number of aromatic nitrogens is 2. The van der Waals surface area contributed by atoms with Crippen molar-refractivity contribution in [3.63, 3.8) is 0 Å². The van der Waals surface area contributed by atoms with Crippen LogP contribution in [0.3, 0.4) is 0 Å². The molecule has 0 amide bonds. The highest BCUT2D eigenvalue weighted by atomic mass is 35.5. The highest BCUT2D eigenvalue weighted by Crippen LogP contribution is 2.26. The van der Waals surface area contributed by atoms with Crippen molar-refractivity contribution in [1.29, 1.82) is 0 Å². The van der Waals surface area contributed by atoms with Gasteiger partial charge in [-0.3, -0.25) is 9.79 Å². The minimum atomic E-state index is -0.323. The molecule has 2 heterocycles. The van der Waals surface area contributed by atoms with Crippen LogP contribution < -0.4 is 5.56 Å². The molecule has 5 nitrogen and oxygen atoms in total. The number of nitrogens with zero attached hydrogens (tertiary/aromatic N) is 3. The van der Waals surface area contributed by atoms with Gasteiger partial charge in [-0.25, -0.2) is 9.55 Å². The Bertz CT molecular complexity index is 1080. The van der Waals surface area contributed by atoms with E-state index in [1.807, 2.05) is 18.2 Å². The van der Waals surface area contributed by atoms with E-state index in [1.54, 1.807) is 24.4 Å². The van der Waals surface area contributed by atoms with Crippen LogP contribution in [0.15, 0.2) is 52.4 Å². The molecule has 1 aliphatic rings. The molecule has 0 bridgehead atoms. The van der Waals surface area contributed by atoms with Crippen molar-refractivity contribution in [3.8, 4) is 11.7 Å². The van der Waals surface area contributed by atoms with Gasteiger partial charge in [0.15, 0.2) is 0 Å². The van der Waals surface area contributed by atoms with Crippen molar-refractivity contribution < 1.29 is 5.11 Å². The molecule has 1 aromatic carbocycles. The molecule has 4 rings (SSSR count). The Morgan fingerprint density at radius 2 is 1.72 bits per heavy atom. The first-order valence-corrected chi connectivity index (χ1v) is 10.5. The van der Waals surface area contributed by atoms with Gasteiger partial charge >= 0.3 is 0 Å². The second-order valence-electron chi connectivity index (χ2n) is 7.54. The van der Waals surface area contributed by atoms with E-state index < -0.39 is 0 Å². The lowest BCUT2D eigenvalue weighted by atomic mass is 9.97. The van der Waals surface area contributed by atoms with Crippen LogP contribution in [0.1, 0.15) is 50.5 Å². The lowest BCUT2D eigenvalue weighted by molar-refractivity contribution is 0.434. The van der Waals surface area contributed by atoms with Gasteiger partial charge in [-0.15, -0.1) is 0 Å². The molecule has 0 atom stereocenters. The Hall–Kier alpha value is -2.66. The van der Waals surface area contributed by atoms with Crippen LogP contribution in [0.25, 0.3) is 16.6 Å². The Morgan fingerprint density at radius 1 is 1.03 bits per heavy atom. The molecule has 1 N–H and O–H groups in total. The molecule has 0 spiro atoms. The van der Waals surface area contributed by atoms with Crippen LogP contribution in [-0.4, -0.2) is 26.9 Å². The third-order valence-electron chi connectivity index (χ3n) is 5.53. The number of fused-ring (bicyclic) bond motifs is 1. The summed E-state index contributed by atoms with van der Waals surface area (Å²) in [4.78, 5) is 22.1. The lowest BCUT2D eigenvalue weighted by Crippen LogP contribution is -2.21. The number of aromatic hydroxyl groups is 1. The van der Waals surface area contributed by atoms with E-state index in [0.29, 0.717) is 27.2 Å². The average Bonchev–Trinajstić information content (AvgIpc) is 2.70. The minimum Gasteiger partial charge on any atom is -0.494 e. The third kappa shape index (κ3) is 4.20. The Kier molecular flexibility index (Phi) is 5.95. The summed E-state index contributed by atoms with van der Waals surface area (Å²) < 4.78 is 1.22. The van der Waals surface area contributed by atoms with Gasteiger partial charge in [0.25, 0.3) is 5.56 Å². The van der Waals surface area contributed by atoms with Crippen LogP contribution >= 0.6 is 11.6 Å². The average molecular weight is 410 g/mol. The van der Waals surface area contributed by atoms with E-state index >= 15 is 0 Å². The van der Waals surface area contributed by atoms with E-state index in [2.05, 4.69) is 4.98 Å². The molecule has 3 aromatic rings. The molecule has 29 heavy (non-hydrogen) atoms. The third-order valence-corrected chi connectivity index (χ3v) is 5.76. The fourth-order valence-electron chi connectivity index (χ4n) is 3.97. The second-order valence-corrected chi connectivity index (χ2v) is 7.97. The molecule has 6 heteroatoms. The smallest absolute Gasteiger partial charge is 0.267 e. The van der Waals surface area contributed by atoms with Crippen LogP contribution in [-0.2, 0) is 0 Å². The number of hydrogen-bond acceptors (Lipinski definition) is 4. The number of hydrogen-bond donors (Lipinski definition) is 1. The van der Waals surface area contributed by atoms with Crippen molar-refractivity contribution in [2.24, 2.45) is 4.99 Å². The van der Waals surface area contributed by atoms with Crippen LogP contribution in [0.4, 0.5) is 0 Å². The predicted octanol–water partition coefficient (Wildman–Crippen LogP) is 5.28. The molecule has 1 saturated carbocycles. The standard InChI is InChI=1S/C23H24ClN3O2/c24-16-12-13-21(26-14-16)27-22(28)19-11-7-6-10-18(19)20(23(27)29)15-25-17-8-4-2-1-3-5-9-17/h6-7,10-15,17,29H,1-5,8-9H2. The van der Waals surface area contributed by atoms with Gasteiger partial charge < -0.3 is 5.11 Å². The number of aliphatic imine (C=N–C) groups is 1.